The van der Waals surface area contributed by atoms with Crippen LogP contribution in [0.4, 0.5) is 0 Å². The van der Waals surface area contributed by atoms with E-state index in [1.807, 2.05) is 48.8 Å². The Bertz CT molecular complexity index is 1810. The molecular weight excluding hydrogens is 504 g/mol. The van der Waals surface area contributed by atoms with Gasteiger partial charge in [0.1, 0.15) is 8.07 Å². The summed E-state index contributed by atoms with van der Waals surface area (Å²) < 4.78 is 0. The van der Waals surface area contributed by atoms with E-state index in [1.165, 1.54) is 32.7 Å². The summed E-state index contributed by atoms with van der Waals surface area (Å²) in [5.74, 6) is 0. The number of allylic oxidation sites excluding steroid dienone is 2. The first kappa shape index (κ1) is 24.3. The standard InChI is InChI=1S/C35H28N4Si/c1-3-40(2)34(30-22-36-26-18-10-12-20-28(26)38-30)32(24-14-6-4-7-15-24)33(25-16-8-5-9-17-25)35(40)31-23-37-27-19-11-13-21-29(27)39-31/h4-23H,3H2,1-2H3. The van der Waals surface area contributed by atoms with Gasteiger partial charge in [-0.15, -0.1) is 0 Å². The van der Waals surface area contributed by atoms with E-state index in [0.29, 0.717) is 0 Å². The molecule has 0 spiro atoms. The fraction of sp³-hybridized carbons (Fsp3) is 0.0857. The molecule has 192 valence electrons. The van der Waals surface area contributed by atoms with E-state index in [1.54, 1.807) is 0 Å². The van der Waals surface area contributed by atoms with Gasteiger partial charge in [0.15, 0.2) is 0 Å². The highest BCUT2D eigenvalue weighted by molar-refractivity contribution is 7.13. The summed E-state index contributed by atoms with van der Waals surface area (Å²) in [6.07, 6.45) is 3.94. The second kappa shape index (κ2) is 9.78. The van der Waals surface area contributed by atoms with Crippen LogP contribution in [-0.4, -0.2) is 28.0 Å². The van der Waals surface area contributed by atoms with Crippen molar-refractivity contribution >= 4 is 51.7 Å². The Balaban J connectivity index is 1.61. The second-order valence-corrected chi connectivity index (χ2v) is 14.8. The van der Waals surface area contributed by atoms with Crippen LogP contribution in [0.15, 0.2) is 122 Å². The van der Waals surface area contributed by atoms with Gasteiger partial charge in [0.05, 0.1) is 45.8 Å². The summed E-state index contributed by atoms with van der Waals surface area (Å²) >= 11 is 0. The molecule has 6 aromatic rings. The van der Waals surface area contributed by atoms with Crippen LogP contribution in [0.2, 0.25) is 12.6 Å². The van der Waals surface area contributed by atoms with E-state index in [9.17, 15) is 0 Å². The minimum atomic E-state index is -2.41. The van der Waals surface area contributed by atoms with Crippen molar-refractivity contribution in [2.75, 3.05) is 0 Å². The zero-order chi connectivity index (χ0) is 27.1. The largest absolute Gasteiger partial charge is 0.252 e. The lowest BCUT2D eigenvalue weighted by Crippen LogP contribution is -2.33. The van der Waals surface area contributed by atoms with E-state index in [4.69, 9.17) is 19.9 Å². The topological polar surface area (TPSA) is 51.6 Å². The first-order valence-electron chi connectivity index (χ1n) is 13.7. The van der Waals surface area contributed by atoms with Crippen molar-refractivity contribution in [1.82, 2.24) is 19.9 Å². The van der Waals surface area contributed by atoms with Crippen LogP contribution in [0.3, 0.4) is 0 Å². The van der Waals surface area contributed by atoms with Crippen LogP contribution in [0.25, 0.3) is 43.6 Å². The normalized spacial score (nSPS) is 14.8. The Morgan fingerprint density at radius 1 is 0.500 bits per heavy atom. The van der Waals surface area contributed by atoms with Crippen molar-refractivity contribution in [1.29, 1.82) is 0 Å². The summed E-state index contributed by atoms with van der Waals surface area (Å²) in [4.78, 5) is 20.2. The second-order valence-electron chi connectivity index (χ2n) is 10.4. The van der Waals surface area contributed by atoms with Crippen molar-refractivity contribution in [2.24, 2.45) is 0 Å². The Labute approximate surface area is 234 Å². The van der Waals surface area contributed by atoms with Crippen molar-refractivity contribution in [2.45, 2.75) is 19.5 Å². The van der Waals surface area contributed by atoms with Gasteiger partial charge in [-0.1, -0.05) is 104 Å². The highest BCUT2D eigenvalue weighted by atomic mass is 28.3. The number of hydrogen-bond donors (Lipinski definition) is 0. The fourth-order valence-electron chi connectivity index (χ4n) is 6.04. The molecule has 0 unspecified atom stereocenters. The highest BCUT2D eigenvalue weighted by Gasteiger charge is 2.47. The van der Waals surface area contributed by atoms with Gasteiger partial charge in [0.2, 0.25) is 0 Å². The maximum atomic E-state index is 5.23. The summed E-state index contributed by atoms with van der Waals surface area (Å²) in [5, 5.41) is 2.62. The van der Waals surface area contributed by atoms with Crippen LogP contribution in [-0.2, 0) is 0 Å². The van der Waals surface area contributed by atoms with Gasteiger partial charge in [-0.3, -0.25) is 9.97 Å². The summed E-state index contributed by atoms with van der Waals surface area (Å²) in [7, 11) is -2.41. The van der Waals surface area contributed by atoms with Crippen LogP contribution in [0.1, 0.15) is 29.4 Å². The highest BCUT2D eigenvalue weighted by Crippen LogP contribution is 2.56. The van der Waals surface area contributed by atoms with Crippen molar-refractivity contribution < 1.29 is 0 Å². The minimum Gasteiger partial charge on any atom is -0.252 e. The van der Waals surface area contributed by atoms with Gasteiger partial charge in [0.25, 0.3) is 0 Å². The van der Waals surface area contributed by atoms with Gasteiger partial charge in [-0.05, 0) is 56.9 Å². The first-order chi connectivity index (χ1) is 19.7. The Morgan fingerprint density at radius 2 is 0.875 bits per heavy atom. The molecule has 4 aromatic carbocycles. The van der Waals surface area contributed by atoms with Gasteiger partial charge in [-0.25, -0.2) is 9.97 Å². The maximum absolute atomic E-state index is 5.23. The van der Waals surface area contributed by atoms with Crippen molar-refractivity contribution in [3.63, 3.8) is 0 Å². The molecule has 0 amide bonds. The molecule has 0 saturated carbocycles. The number of para-hydroxylation sites is 4. The molecule has 0 bridgehead atoms. The minimum absolute atomic E-state index is 0.905. The SMILES string of the molecule is CC[Si]1(C)C(c2cnc3ccccc3n2)=C(c2ccccc2)C(c2ccccc2)=C1c1cnc2ccccc2n1. The Kier molecular flexibility index (Phi) is 5.94. The van der Waals surface area contributed by atoms with E-state index >= 15 is 0 Å². The molecule has 0 radical (unpaired) electrons. The first-order valence-corrected chi connectivity index (χ1v) is 16.4. The number of rotatable bonds is 5. The zero-order valence-corrected chi connectivity index (χ0v) is 23.5. The van der Waals surface area contributed by atoms with Crippen molar-refractivity contribution in [3.8, 4) is 0 Å². The number of nitrogens with zero attached hydrogens (tertiary/aromatic N) is 4. The predicted molar refractivity (Wildman–Crippen MR) is 168 cm³/mol. The van der Waals surface area contributed by atoms with Crippen LogP contribution in [0, 0.1) is 0 Å². The molecule has 5 heteroatoms. The average molecular weight is 533 g/mol. The number of fused-ring (bicyclic) bond motifs is 2. The molecule has 0 fully saturated rings. The molecule has 3 heterocycles. The number of benzene rings is 4. The molecule has 1 aliphatic heterocycles. The summed E-state index contributed by atoms with van der Waals surface area (Å²) in [5.41, 5.74) is 10.4. The Morgan fingerprint density at radius 3 is 1.27 bits per heavy atom. The lowest BCUT2D eigenvalue weighted by molar-refractivity contribution is 1.24. The van der Waals surface area contributed by atoms with E-state index < -0.39 is 8.07 Å². The van der Waals surface area contributed by atoms with Gasteiger partial charge in [0, 0.05) is 0 Å². The number of aromatic nitrogens is 4. The number of hydrogen-bond acceptors (Lipinski definition) is 4. The van der Waals surface area contributed by atoms with Gasteiger partial charge >= 0.3 is 0 Å². The molecular formula is C35H28N4Si. The molecule has 0 N–H and O–H groups in total. The smallest absolute Gasteiger partial charge is 0.122 e. The van der Waals surface area contributed by atoms with E-state index in [0.717, 1.165) is 39.5 Å². The molecule has 1 aliphatic rings. The molecule has 0 aliphatic carbocycles. The molecule has 0 atom stereocenters. The molecule has 7 rings (SSSR count). The predicted octanol–water partition coefficient (Wildman–Crippen LogP) is 8.29. The zero-order valence-electron chi connectivity index (χ0n) is 22.5. The molecule has 2 aromatic heterocycles. The quantitative estimate of drug-likeness (QED) is 0.210. The van der Waals surface area contributed by atoms with E-state index in [-0.39, 0.29) is 0 Å². The summed E-state index contributed by atoms with van der Waals surface area (Å²) in [6.45, 7) is 4.77. The lowest BCUT2D eigenvalue weighted by Gasteiger charge is -2.28. The summed E-state index contributed by atoms with van der Waals surface area (Å²) in [6, 6.07) is 38.7. The molecule has 4 nitrogen and oxygen atoms in total. The monoisotopic (exact) mass is 532 g/mol. The maximum Gasteiger partial charge on any atom is 0.122 e. The third-order valence-electron chi connectivity index (χ3n) is 8.09. The van der Waals surface area contributed by atoms with Crippen LogP contribution < -0.4 is 0 Å². The van der Waals surface area contributed by atoms with Crippen LogP contribution in [0.5, 0.6) is 0 Å². The molecule has 40 heavy (non-hydrogen) atoms. The molecule has 0 saturated heterocycles. The third-order valence-corrected chi connectivity index (χ3v) is 12.7. The average Bonchev–Trinajstić information content (AvgIpc) is 3.31. The van der Waals surface area contributed by atoms with Crippen molar-refractivity contribution in [3.05, 3.63) is 144 Å². The van der Waals surface area contributed by atoms with Crippen LogP contribution >= 0.6 is 0 Å². The lowest BCUT2D eigenvalue weighted by atomic mass is 9.90. The van der Waals surface area contributed by atoms with Gasteiger partial charge < -0.3 is 0 Å². The third kappa shape index (κ3) is 3.89. The van der Waals surface area contributed by atoms with E-state index in [2.05, 4.69) is 86.3 Å². The Hall–Kier alpha value is -4.74. The van der Waals surface area contributed by atoms with Gasteiger partial charge in [-0.2, -0.15) is 0 Å². The fourth-order valence-corrected chi connectivity index (χ4v) is 10.0.